The minimum atomic E-state index is -0.0161. The number of anilines is 2. The number of fused-ring (bicyclic) bond motifs is 3. The van der Waals surface area contributed by atoms with Crippen molar-refractivity contribution in [2.75, 3.05) is 23.0 Å². The van der Waals surface area contributed by atoms with E-state index in [1.165, 1.54) is 0 Å². The molecule has 2 N–H and O–H groups in total. The zero-order chi connectivity index (χ0) is 20.5. The second kappa shape index (κ2) is 7.94. The zero-order valence-electron chi connectivity index (χ0n) is 16.4. The van der Waals surface area contributed by atoms with Gasteiger partial charge in [0.2, 0.25) is 0 Å². The van der Waals surface area contributed by atoms with Crippen LogP contribution in [0.2, 0.25) is 5.02 Å². The van der Waals surface area contributed by atoms with Crippen LogP contribution in [0.5, 0.6) is 0 Å². The fourth-order valence-corrected chi connectivity index (χ4v) is 4.30. The molecule has 0 amide bonds. The molecule has 5 rings (SSSR count). The van der Waals surface area contributed by atoms with E-state index < -0.39 is 0 Å². The number of rotatable bonds is 4. The topological polar surface area (TPSA) is 57.2 Å². The lowest BCUT2D eigenvalue weighted by molar-refractivity contribution is 0.611. The number of hydrazone groups is 1. The molecule has 0 aromatic heterocycles. The molecule has 0 fully saturated rings. The second-order valence-electron chi connectivity index (χ2n) is 7.32. The van der Waals surface area contributed by atoms with Gasteiger partial charge in [-0.2, -0.15) is 5.10 Å². The van der Waals surface area contributed by atoms with Crippen LogP contribution in [0.4, 0.5) is 11.4 Å². The first-order valence-corrected chi connectivity index (χ1v) is 10.4. The van der Waals surface area contributed by atoms with Crippen molar-refractivity contribution < 1.29 is 0 Å². The normalized spacial score (nSPS) is 17.7. The molecule has 1 unspecified atom stereocenters. The average Bonchev–Trinajstić information content (AvgIpc) is 3.05. The maximum atomic E-state index is 6.41. The van der Waals surface area contributed by atoms with Crippen LogP contribution >= 0.6 is 11.6 Å². The van der Waals surface area contributed by atoms with Gasteiger partial charge in [-0.05, 0) is 36.9 Å². The largest absolute Gasteiger partial charge is 0.330 e. The van der Waals surface area contributed by atoms with Gasteiger partial charge in [0.25, 0.3) is 0 Å². The first-order chi connectivity index (χ1) is 14.8. The third-order valence-electron chi connectivity index (χ3n) is 5.43. The Bertz CT molecular complexity index is 1110. The van der Waals surface area contributed by atoms with Crippen molar-refractivity contribution in [3.63, 3.8) is 0 Å². The van der Waals surface area contributed by atoms with Crippen molar-refractivity contribution in [3.05, 3.63) is 95.0 Å². The van der Waals surface area contributed by atoms with Crippen LogP contribution in [0, 0.1) is 0 Å². The standard InChI is InChI=1S/C24H22ClN5/c25-18-11-12-21-20(15-18)24(17-7-3-1-4-8-17)27-16-22-28-30(19-9-5-2-6-10-19)23(13-14-26)29(21)22/h1-12,15,23H,13-14,16,26H2. The summed E-state index contributed by atoms with van der Waals surface area (Å²) < 4.78 is 0. The van der Waals surface area contributed by atoms with Crippen molar-refractivity contribution >= 4 is 34.5 Å². The third-order valence-corrected chi connectivity index (χ3v) is 5.66. The number of nitrogens with zero attached hydrogens (tertiary/aromatic N) is 4. The maximum absolute atomic E-state index is 6.41. The van der Waals surface area contributed by atoms with Gasteiger partial charge in [0.05, 0.1) is 23.6 Å². The summed E-state index contributed by atoms with van der Waals surface area (Å²) in [6.07, 6.45) is 0.752. The predicted octanol–water partition coefficient (Wildman–Crippen LogP) is 4.51. The molecule has 3 aromatic rings. The molecule has 150 valence electrons. The van der Waals surface area contributed by atoms with E-state index in [1.807, 2.05) is 48.5 Å². The van der Waals surface area contributed by atoms with Gasteiger partial charge in [0, 0.05) is 22.6 Å². The van der Waals surface area contributed by atoms with Crippen LogP contribution in [-0.4, -0.2) is 30.8 Å². The van der Waals surface area contributed by atoms with Crippen LogP contribution in [0.1, 0.15) is 17.5 Å². The van der Waals surface area contributed by atoms with Gasteiger partial charge < -0.3 is 10.6 Å². The summed E-state index contributed by atoms with van der Waals surface area (Å²) in [4.78, 5) is 7.24. The number of halogens is 1. The fourth-order valence-electron chi connectivity index (χ4n) is 4.12. The average molecular weight is 416 g/mol. The van der Waals surface area contributed by atoms with E-state index in [0.717, 1.165) is 40.5 Å². The molecule has 0 radical (unpaired) electrons. The van der Waals surface area contributed by atoms with Crippen LogP contribution in [-0.2, 0) is 0 Å². The Morgan fingerprint density at radius 2 is 1.70 bits per heavy atom. The van der Waals surface area contributed by atoms with E-state index in [2.05, 4.69) is 40.2 Å². The van der Waals surface area contributed by atoms with Gasteiger partial charge in [0.15, 0.2) is 5.84 Å². The van der Waals surface area contributed by atoms with E-state index >= 15 is 0 Å². The van der Waals surface area contributed by atoms with Gasteiger partial charge in [-0.3, -0.25) is 4.99 Å². The smallest absolute Gasteiger partial charge is 0.153 e. The summed E-state index contributed by atoms with van der Waals surface area (Å²) in [6.45, 7) is 1.05. The Kier molecular flexibility index (Phi) is 4.99. The molecule has 0 saturated heterocycles. The predicted molar refractivity (Wildman–Crippen MR) is 125 cm³/mol. The summed E-state index contributed by atoms with van der Waals surface area (Å²) in [6, 6.07) is 26.4. The highest BCUT2D eigenvalue weighted by Gasteiger charge is 2.38. The van der Waals surface area contributed by atoms with Crippen molar-refractivity contribution in [3.8, 4) is 0 Å². The molecule has 6 heteroatoms. The Balaban J connectivity index is 1.67. The molecule has 30 heavy (non-hydrogen) atoms. The molecule has 2 heterocycles. The van der Waals surface area contributed by atoms with Crippen LogP contribution < -0.4 is 15.6 Å². The fraction of sp³-hybridized carbons (Fsp3) is 0.167. The molecule has 3 aromatic carbocycles. The number of amidine groups is 1. The van der Waals surface area contributed by atoms with Gasteiger partial charge in [-0.1, -0.05) is 60.1 Å². The minimum Gasteiger partial charge on any atom is -0.330 e. The van der Waals surface area contributed by atoms with Crippen molar-refractivity contribution in [1.29, 1.82) is 0 Å². The van der Waals surface area contributed by atoms with E-state index in [4.69, 9.17) is 27.4 Å². The minimum absolute atomic E-state index is 0.0161. The first kappa shape index (κ1) is 18.9. The van der Waals surface area contributed by atoms with Crippen molar-refractivity contribution in [2.45, 2.75) is 12.6 Å². The molecule has 2 aliphatic rings. The van der Waals surface area contributed by atoms with E-state index in [0.29, 0.717) is 18.1 Å². The SMILES string of the molecule is NCCC1N(c2ccccc2)N=C2CN=C(c3ccccc3)c3cc(Cl)ccc3N21. The van der Waals surface area contributed by atoms with Gasteiger partial charge in [-0.15, -0.1) is 0 Å². The molecule has 1 atom stereocenters. The lowest BCUT2D eigenvalue weighted by atomic mass is 10.00. The van der Waals surface area contributed by atoms with Crippen LogP contribution in [0.15, 0.2) is 89.0 Å². The second-order valence-corrected chi connectivity index (χ2v) is 7.75. The number of nitrogens with two attached hydrogens (primary N) is 1. The number of hydrogen-bond acceptors (Lipinski definition) is 5. The lowest BCUT2D eigenvalue weighted by Crippen LogP contribution is -2.44. The molecule has 5 nitrogen and oxygen atoms in total. The quantitative estimate of drug-likeness (QED) is 0.682. The molecule has 2 aliphatic heterocycles. The van der Waals surface area contributed by atoms with Gasteiger partial charge in [-0.25, -0.2) is 5.01 Å². The summed E-state index contributed by atoms with van der Waals surface area (Å²) in [5, 5.41) is 7.72. The Morgan fingerprint density at radius 1 is 0.967 bits per heavy atom. The van der Waals surface area contributed by atoms with Crippen molar-refractivity contribution in [2.24, 2.45) is 15.8 Å². The first-order valence-electron chi connectivity index (χ1n) is 10.1. The van der Waals surface area contributed by atoms with E-state index in [-0.39, 0.29) is 6.17 Å². The van der Waals surface area contributed by atoms with Crippen LogP contribution in [0.3, 0.4) is 0 Å². The summed E-state index contributed by atoms with van der Waals surface area (Å²) in [7, 11) is 0. The number of aliphatic imine (C=N–C) groups is 1. The lowest BCUT2D eigenvalue weighted by Gasteiger charge is -2.32. The van der Waals surface area contributed by atoms with E-state index in [9.17, 15) is 0 Å². The summed E-state index contributed by atoms with van der Waals surface area (Å²) in [5.41, 5.74) is 11.1. The molecular formula is C24H22ClN5. The third kappa shape index (κ3) is 3.26. The number of benzene rings is 3. The number of para-hydroxylation sites is 1. The monoisotopic (exact) mass is 415 g/mol. The molecule has 0 bridgehead atoms. The van der Waals surface area contributed by atoms with E-state index in [1.54, 1.807) is 0 Å². The van der Waals surface area contributed by atoms with Gasteiger partial charge >= 0.3 is 0 Å². The summed E-state index contributed by atoms with van der Waals surface area (Å²) >= 11 is 6.41. The Labute approximate surface area is 181 Å². The van der Waals surface area contributed by atoms with Crippen molar-refractivity contribution in [1.82, 2.24) is 0 Å². The maximum Gasteiger partial charge on any atom is 0.153 e. The highest BCUT2D eigenvalue weighted by atomic mass is 35.5. The Hall–Kier alpha value is -3.15. The molecule has 0 spiro atoms. The molecular weight excluding hydrogens is 394 g/mol. The van der Waals surface area contributed by atoms with Crippen LogP contribution in [0.25, 0.3) is 0 Å². The molecule has 0 aliphatic carbocycles. The molecule has 0 saturated carbocycles. The zero-order valence-corrected chi connectivity index (χ0v) is 17.2. The highest BCUT2D eigenvalue weighted by Crippen LogP contribution is 2.36. The summed E-state index contributed by atoms with van der Waals surface area (Å²) in [5.74, 6) is 0.909. The highest BCUT2D eigenvalue weighted by molar-refractivity contribution is 6.32. The Morgan fingerprint density at radius 3 is 2.43 bits per heavy atom. The number of hydrogen-bond donors (Lipinski definition) is 1. The van der Waals surface area contributed by atoms with Gasteiger partial charge in [0.1, 0.15) is 6.17 Å².